The molecule has 6 heteroatoms. The highest BCUT2D eigenvalue weighted by Crippen LogP contribution is 2.33. The molecule has 3 rings (SSSR count). The Kier molecular flexibility index (Phi) is 6.14. The van der Waals surface area contributed by atoms with Crippen molar-refractivity contribution in [3.05, 3.63) is 64.1 Å². The van der Waals surface area contributed by atoms with Crippen LogP contribution in [0.15, 0.2) is 47.8 Å². The van der Waals surface area contributed by atoms with Crippen molar-refractivity contribution < 1.29 is 9.47 Å². The number of nitrogens with one attached hydrogen (secondary N) is 1. The van der Waals surface area contributed by atoms with Crippen LogP contribution in [0.4, 0.5) is 0 Å². The number of hydrogen-bond acceptors (Lipinski definition) is 5. The minimum Gasteiger partial charge on any atom is -0.493 e. The largest absolute Gasteiger partial charge is 0.493 e. The number of benzene rings is 2. The van der Waals surface area contributed by atoms with E-state index >= 15 is 0 Å². The van der Waals surface area contributed by atoms with E-state index in [2.05, 4.69) is 17.6 Å². The first-order valence-electron chi connectivity index (χ1n) is 8.27. The van der Waals surface area contributed by atoms with Crippen LogP contribution in [-0.2, 0) is 6.54 Å². The fourth-order valence-electron chi connectivity index (χ4n) is 2.68. The molecule has 1 atom stereocenters. The van der Waals surface area contributed by atoms with Gasteiger partial charge in [0.2, 0.25) is 0 Å². The molecule has 0 saturated carbocycles. The first kappa shape index (κ1) is 18.7. The van der Waals surface area contributed by atoms with Crippen LogP contribution >= 0.6 is 22.9 Å². The van der Waals surface area contributed by atoms with Crippen LogP contribution in [0.3, 0.4) is 0 Å². The van der Waals surface area contributed by atoms with E-state index < -0.39 is 0 Å². The van der Waals surface area contributed by atoms with Crippen molar-refractivity contribution in [2.75, 3.05) is 14.2 Å². The Morgan fingerprint density at radius 1 is 1.12 bits per heavy atom. The molecule has 1 unspecified atom stereocenters. The van der Waals surface area contributed by atoms with Gasteiger partial charge in [0, 0.05) is 28.6 Å². The van der Waals surface area contributed by atoms with Crippen molar-refractivity contribution >= 4 is 22.9 Å². The Hall–Kier alpha value is -2.08. The molecule has 2 aromatic carbocycles. The summed E-state index contributed by atoms with van der Waals surface area (Å²) in [6.45, 7) is 2.78. The summed E-state index contributed by atoms with van der Waals surface area (Å²) in [5, 5.41) is 7.27. The summed E-state index contributed by atoms with van der Waals surface area (Å²) < 4.78 is 10.7. The number of methoxy groups -OCH3 is 2. The third-order valence-corrected chi connectivity index (χ3v) is 5.43. The van der Waals surface area contributed by atoms with Gasteiger partial charge in [-0.15, -0.1) is 11.3 Å². The van der Waals surface area contributed by atoms with Gasteiger partial charge >= 0.3 is 0 Å². The van der Waals surface area contributed by atoms with Gasteiger partial charge in [-0.25, -0.2) is 4.98 Å². The number of rotatable bonds is 7. The molecule has 0 bridgehead atoms. The van der Waals surface area contributed by atoms with Gasteiger partial charge in [-0.05, 0) is 36.8 Å². The molecule has 1 heterocycles. The van der Waals surface area contributed by atoms with Crippen molar-refractivity contribution in [3.63, 3.8) is 0 Å². The Balaban J connectivity index is 1.69. The summed E-state index contributed by atoms with van der Waals surface area (Å²) in [5.74, 6) is 1.41. The Labute approximate surface area is 162 Å². The van der Waals surface area contributed by atoms with Crippen LogP contribution in [0.2, 0.25) is 5.02 Å². The Bertz CT molecular complexity index is 882. The Morgan fingerprint density at radius 2 is 1.88 bits per heavy atom. The molecule has 0 saturated heterocycles. The summed E-state index contributed by atoms with van der Waals surface area (Å²) in [7, 11) is 3.26. The molecule has 136 valence electrons. The average Bonchev–Trinajstić information content (AvgIpc) is 3.15. The summed E-state index contributed by atoms with van der Waals surface area (Å²) in [5.41, 5.74) is 3.10. The molecule has 0 fully saturated rings. The molecule has 1 aromatic heterocycles. The predicted molar refractivity (Wildman–Crippen MR) is 107 cm³/mol. The van der Waals surface area contributed by atoms with Gasteiger partial charge in [0.25, 0.3) is 0 Å². The first-order chi connectivity index (χ1) is 12.6. The smallest absolute Gasteiger partial charge is 0.161 e. The van der Waals surface area contributed by atoms with Crippen molar-refractivity contribution in [2.24, 2.45) is 0 Å². The fraction of sp³-hybridized carbons (Fsp3) is 0.250. The summed E-state index contributed by atoms with van der Waals surface area (Å²) in [4.78, 5) is 4.73. The van der Waals surface area contributed by atoms with Gasteiger partial charge in [0.05, 0.1) is 19.9 Å². The van der Waals surface area contributed by atoms with E-state index in [-0.39, 0.29) is 6.04 Å². The zero-order chi connectivity index (χ0) is 18.5. The van der Waals surface area contributed by atoms with E-state index in [1.165, 1.54) is 0 Å². The lowest BCUT2D eigenvalue weighted by atomic mass is 10.1. The molecule has 0 aliphatic rings. The number of nitrogens with zero attached hydrogens (tertiary/aromatic N) is 1. The van der Waals surface area contributed by atoms with E-state index in [1.807, 2.05) is 42.5 Å². The molecule has 0 spiro atoms. The van der Waals surface area contributed by atoms with Gasteiger partial charge in [-0.2, -0.15) is 0 Å². The maximum atomic E-state index is 6.26. The lowest BCUT2D eigenvalue weighted by Crippen LogP contribution is -2.18. The SMILES string of the molecule is COc1ccc(-c2nc(CNC(C)c3ccccc3Cl)cs2)cc1OC. The number of hydrogen-bond donors (Lipinski definition) is 1. The molecular formula is C20H21ClN2O2S. The molecule has 0 aliphatic heterocycles. The summed E-state index contributed by atoms with van der Waals surface area (Å²) >= 11 is 7.87. The highest BCUT2D eigenvalue weighted by Gasteiger charge is 2.12. The Morgan fingerprint density at radius 3 is 2.62 bits per heavy atom. The monoisotopic (exact) mass is 388 g/mol. The van der Waals surface area contributed by atoms with Gasteiger partial charge in [0.1, 0.15) is 5.01 Å². The molecule has 0 aliphatic carbocycles. The standard InChI is InChI=1S/C20H21ClN2O2S/c1-13(16-6-4-5-7-17(16)21)22-11-15-12-26-20(23-15)14-8-9-18(24-2)19(10-14)25-3/h4-10,12-13,22H,11H2,1-3H3. The second kappa shape index (κ2) is 8.54. The van der Waals surface area contributed by atoms with E-state index in [0.717, 1.165) is 26.9 Å². The third-order valence-electron chi connectivity index (χ3n) is 4.14. The number of ether oxygens (including phenoxy) is 2. The number of halogens is 1. The first-order valence-corrected chi connectivity index (χ1v) is 9.52. The second-order valence-electron chi connectivity index (χ2n) is 5.84. The highest BCUT2D eigenvalue weighted by molar-refractivity contribution is 7.13. The zero-order valence-electron chi connectivity index (χ0n) is 15.0. The van der Waals surface area contributed by atoms with Crippen LogP contribution in [0.1, 0.15) is 24.2 Å². The molecule has 26 heavy (non-hydrogen) atoms. The quantitative estimate of drug-likeness (QED) is 0.594. The van der Waals surface area contributed by atoms with E-state index in [1.54, 1.807) is 25.6 Å². The number of aromatic nitrogens is 1. The topological polar surface area (TPSA) is 43.4 Å². The molecule has 0 radical (unpaired) electrons. The molecule has 1 N–H and O–H groups in total. The van der Waals surface area contributed by atoms with Crippen LogP contribution in [0.5, 0.6) is 11.5 Å². The lowest BCUT2D eigenvalue weighted by Gasteiger charge is -2.14. The zero-order valence-corrected chi connectivity index (χ0v) is 16.5. The minimum absolute atomic E-state index is 0.148. The normalized spacial score (nSPS) is 12.0. The van der Waals surface area contributed by atoms with Crippen LogP contribution in [-0.4, -0.2) is 19.2 Å². The van der Waals surface area contributed by atoms with E-state index in [9.17, 15) is 0 Å². The van der Waals surface area contributed by atoms with Crippen LogP contribution < -0.4 is 14.8 Å². The van der Waals surface area contributed by atoms with E-state index in [0.29, 0.717) is 18.0 Å². The van der Waals surface area contributed by atoms with Crippen molar-refractivity contribution in [1.82, 2.24) is 10.3 Å². The molecule has 3 aromatic rings. The molecular weight excluding hydrogens is 368 g/mol. The average molecular weight is 389 g/mol. The predicted octanol–water partition coefficient (Wildman–Crippen LogP) is 5.33. The summed E-state index contributed by atoms with van der Waals surface area (Å²) in [6.07, 6.45) is 0. The maximum absolute atomic E-state index is 6.26. The fourth-order valence-corrected chi connectivity index (χ4v) is 3.80. The van der Waals surface area contributed by atoms with Gasteiger partial charge in [-0.3, -0.25) is 0 Å². The molecule has 4 nitrogen and oxygen atoms in total. The summed E-state index contributed by atoms with van der Waals surface area (Å²) in [6, 6.07) is 13.9. The minimum atomic E-state index is 0.148. The third kappa shape index (κ3) is 4.18. The highest BCUT2D eigenvalue weighted by atomic mass is 35.5. The van der Waals surface area contributed by atoms with Crippen molar-refractivity contribution in [2.45, 2.75) is 19.5 Å². The molecule has 0 amide bonds. The van der Waals surface area contributed by atoms with Gasteiger partial charge in [-0.1, -0.05) is 29.8 Å². The maximum Gasteiger partial charge on any atom is 0.161 e. The number of thiazole rings is 1. The van der Waals surface area contributed by atoms with Crippen molar-refractivity contribution in [3.8, 4) is 22.1 Å². The van der Waals surface area contributed by atoms with Crippen molar-refractivity contribution in [1.29, 1.82) is 0 Å². The van der Waals surface area contributed by atoms with E-state index in [4.69, 9.17) is 26.1 Å². The van der Waals surface area contributed by atoms with Gasteiger partial charge in [0.15, 0.2) is 11.5 Å². The van der Waals surface area contributed by atoms with Crippen LogP contribution in [0.25, 0.3) is 10.6 Å². The van der Waals surface area contributed by atoms with Gasteiger partial charge < -0.3 is 14.8 Å². The van der Waals surface area contributed by atoms with Crippen LogP contribution in [0, 0.1) is 0 Å². The second-order valence-corrected chi connectivity index (χ2v) is 7.10. The lowest BCUT2D eigenvalue weighted by molar-refractivity contribution is 0.355.